The third kappa shape index (κ3) is 3.07. The molecule has 6 nitrogen and oxygen atoms in total. The number of nitrogens with zero attached hydrogens (tertiary/aromatic N) is 2. The zero-order valence-corrected chi connectivity index (χ0v) is 15.7. The summed E-state index contributed by atoms with van der Waals surface area (Å²) in [6.07, 6.45) is 5.77. The molecular weight excluding hydrogens is 350 g/mol. The molecule has 1 aliphatic rings. The van der Waals surface area contributed by atoms with Crippen molar-refractivity contribution >= 4 is 33.3 Å². The number of furan rings is 1. The van der Waals surface area contributed by atoms with Gasteiger partial charge in [0.1, 0.15) is 27.7 Å². The average Bonchev–Trinajstić information content (AvgIpc) is 3.03. The minimum atomic E-state index is -0.441. The second-order valence-electron chi connectivity index (χ2n) is 6.67. The van der Waals surface area contributed by atoms with Gasteiger partial charge in [0.25, 0.3) is 0 Å². The van der Waals surface area contributed by atoms with E-state index in [-0.39, 0.29) is 6.61 Å². The van der Waals surface area contributed by atoms with Crippen molar-refractivity contribution in [1.82, 2.24) is 9.97 Å². The van der Waals surface area contributed by atoms with Crippen molar-refractivity contribution in [3.63, 3.8) is 0 Å². The molecule has 3 heterocycles. The number of esters is 1. The van der Waals surface area contributed by atoms with Crippen molar-refractivity contribution in [2.24, 2.45) is 0 Å². The summed E-state index contributed by atoms with van der Waals surface area (Å²) in [5.74, 6) is 1.69. The molecule has 0 unspecified atom stereocenters. The van der Waals surface area contributed by atoms with Gasteiger partial charge in [-0.3, -0.25) is 0 Å². The standard InChI is InChI=1S/C19H21N3O3S/c1-10-8-13(11(2)25-10)19(23)24-9-15-21-17(20)16-12-6-4-3-5-7-14(12)26-18(16)22-15/h8H,3-7,9H2,1-2H3,(H2,20,21,22). The van der Waals surface area contributed by atoms with Crippen molar-refractivity contribution in [1.29, 1.82) is 0 Å². The molecule has 4 rings (SSSR count). The van der Waals surface area contributed by atoms with E-state index in [1.807, 2.05) is 0 Å². The topological polar surface area (TPSA) is 91.2 Å². The van der Waals surface area contributed by atoms with Crippen LogP contribution in [-0.2, 0) is 24.2 Å². The van der Waals surface area contributed by atoms with E-state index in [0.717, 1.165) is 23.1 Å². The van der Waals surface area contributed by atoms with Crippen LogP contribution >= 0.6 is 11.3 Å². The Hall–Kier alpha value is -2.41. The van der Waals surface area contributed by atoms with Crippen molar-refractivity contribution in [2.45, 2.75) is 52.6 Å². The third-order valence-corrected chi connectivity index (χ3v) is 5.92. The molecule has 0 saturated carbocycles. The summed E-state index contributed by atoms with van der Waals surface area (Å²) >= 11 is 1.69. The summed E-state index contributed by atoms with van der Waals surface area (Å²) < 4.78 is 10.7. The van der Waals surface area contributed by atoms with Crippen molar-refractivity contribution in [3.8, 4) is 0 Å². The van der Waals surface area contributed by atoms with Gasteiger partial charge in [0.2, 0.25) is 0 Å². The lowest BCUT2D eigenvalue weighted by Gasteiger charge is -2.06. The number of hydrogen-bond acceptors (Lipinski definition) is 7. The van der Waals surface area contributed by atoms with E-state index < -0.39 is 5.97 Å². The van der Waals surface area contributed by atoms with Crippen molar-refractivity contribution in [2.75, 3.05) is 5.73 Å². The second kappa shape index (κ2) is 6.72. The maximum atomic E-state index is 12.2. The molecule has 7 heteroatoms. The van der Waals surface area contributed by atoms with Gasteiger partial charge in [-0.1, -0.05) is 6.42 Å². The van der Waals surface area contributed by atoms with Gasteiger partial charge in [-0.25, -0.2) is 14.8 Å². The Morgan fingerprint density at radius 3 is 2.85 bits per heavy atom. The van der Waals surface area contributed by atoms with Gasteiger partial charge >= 0.3 is 5.97 Å². The molecule has 0 aliphatic heterocycles. The van der Waals surface area contributed by atoms with Crippen LogP contribution < -0.4 is 5.73 Å². The fraction of sp³-hybridized carbons (Fsp3) is 0.421. The van der Waals surface area contributed by atoms with E-state index in [1.165, 1.54) is 29.7 Å². The van der Waals surface area contributed by atoms with Crippen LogP contribution in [0.4, 0.5) is 5.82 Å². The van der Waals surface area contributed by atoms with Gasteiger partial charge in [0, 0.05) is 4.88 Å². The average molecular weight is 371 g/mol. The molecular formula is C19H21N3O3S. The first-order valence-corrected chi connectivity index (χ1v) is 9.65. The maximum Gasteiger partial charge on any atom is 0.342 e. The number of thiophene rings is 1. The van der Waals surface area contributed by atoms with Crippen LogP contribution in [0.15, 0.2) is 10.5 Å². The summed E-state index contributed by atoms with van der Waals surface area (Å²) in [7, 11) is 0. The Kier molecular flexibility index (Phi) is 4.40. The maximum absolute atomic E-state index is 12.2. The van der Waals surface area contributed by atoms with Gasteiger partial charge in [-0.2, -0.15) is 0 Å². The fourth-order valence-electron chi connectivity index (χ4n) is 3.51. The minimum absolute atomic E-state index is 0.00872. The molecule has 0 amide bonds. The van der Waals surface area contributed by atoms with Gasteiger partial charge < -0.3 is 14.9 Å². The summed E-state index contributed by atoms with van der Waals surface area (Å²) in [5, 5.41) is 0.989. The molecule has 3 aromatic heterocycles. The largest absolute Gasteiger partial charge is 0.466 e. The molecule has 0 radical (unpaired) electrons. The Labute approximate surface area is 155 Å². The van der Waals surface area contributed by atoms with Crippen molar-refractivity contribution < 1.29 is 13.9 Å². The van der Waals surface area contributed by atoms with Crippen molar-refractivity contribution in [3.05, 3.63) is 39.4 Å². The Balaban J connectivity index is 1.58. The Morgan fingerprint density at radius 1 is 1.27 bits per heavy atom. The number of ether oxygens (including phenoxy) is 1. The first-order chi connectivity index (χ1) is 12.5. The van der Waals surface area contributed by atoms with E-state index in [2.05, 4.69) is 9.97 Å². The SMILES string of the molecule is Cc1cc(C(=O)OCc2nc(N)c3c4c(sc3n2)CCCCC4)c(C)o1. The molecule has 2 N–H and O–H groups in total. The lowest BCUT2D eigenvalue weighted by Crippen LogP contribution is -2.09. The monoisotopic (exact) mass is 371 g/mol. The highest BCUT2D eigenvalue weighted by molar-refractivity contribution is 7.19. The van der Waals surface area contributed by atoms with E-state index in [0.29, 0.717) is 28.7 Å². The normalized spacial score (nSPS) is 14.2. The van der Waals surface area contributed by atoms with Crippen LogP contribution in [0.5, 0.6) is 0 Å². The zero-order chi connectivity index (χ0) is 18.3. The number of aromatic nitrogens is 2. The smallest absolute Gasteiger partial charge is 0.342 e. The first-order valence-electron chi connectivity index (χ1n) is 8.83. The molecule has 0 saturated heterocycles. The quantitative estimate of drug-likeness (QED) is 0.550. The van der Waals surface area contributed by atoms with Gasteiger partial charge in [-0.05, 0) is 51.2 Å². The number of rotatable bonds is 3. The number of fused-ring (bicyclic) bond motifs is 3. The number of carbonyl (C=O) groups excluding carboxylic acids is 1. The molecule has 0 bridgehead atoms. The van der Waals surface area contributed by atoms with E-state index >= 15 is 0 Å². The number of anilines is 1. The van der Waals surface area contributed by atoms with Gasteiger partial charge in [-0.15, -0.1) is 11.3 Å². The highest BCUT2D eigenvalue weighted by Crippen LogP contribution is 2.37. The molecule has 0 spiro atoms. The highest BCUT2D eigenvalue weighted by Gasteiger charge is 2.20. The van der Waals surface area contributed by atoms with Crippen LogP contribution in [0.3, 0.4) is 0 Å². The van der Waals surface area contributed by atoms with E-state index in [9.17, 15) is 4.79 Å². The molecule has 0 aromatic carbocycles. The molecule has 136 valence electrons. The predicted octanol–water partition coefficient (Wildman–Crippen LogP) is 4.11. The number of carbonyl (C=O) groups is 1. The summed E-state index contributed by atoms with van der Waals surface area (Å²) in [4.78, 5) is 23.5. The Bertz CT molecular complexity index is 990. The number of nitrogen functional groups attached to an aromatic ring is 1. The third-order valence-electron chi connectivity index (χ3n) is 4.73. The fourth-order valence-corrected chi connectivity index (χ4v) is 4.80. The van der Waals surface area contributed by atoms with Crippen LogP contribution in [0.25, 0.3) is 10.2 Å². The highest BCUT2D eigenvalue weighted by atomic mass is 32.1. The van der Waals surface area contributed by atoms with E-state index in [4.69, 9.17) is 14.9 Å². The lowest BCUT2D eigenvalue weighted by molar-refractivity contribution is 0.0461. The molecule has 1 aliphatic carbocycles. The first kappa shape index (κ1) is 17.0. The van der Waals surface area contributed by atoms with E-state index in [1.54, 1.807) is 31.3 Å². The number of aryl methyl sites for hydroxylation is 4. The molecule has 3 aromatic rings. The zero-order valence-electron chi connectivity index (χ0n) is 14.9. The lowest BCUT2D eigenvalue weighted by atomic mass is 10.1. The Morgan fingerprint density at radius 2 is 2.08 bits per heavy atom. The number of hydrogen-bond donors (Lipinski definition) is 1. The molecule has 0 atom stereocenters. The summed E-state index contributed by atoms with van der Waals surface area (Å²) in [6, 6.07) is 1.67. The number of nitrogens with two attached hydrogens (primary N) is 1. The molecule has 0 fully saturated rings. The minimum Gasteiger partial charge on any atom is -0.466 e. The van der Waals surface area contributed by atoms with Gasteiger partial charge in [0.05, 0.1) is 5.39 Å². The summed E-state index contributed by atoms with van der Waals surface area (Å²) in [6.45, 7) is 3.52. The van der Waals surface area contributed by atoms with Crippen LogP contribution in [0, 0.1) is 13.8 Å². The second-order valence-corrected chi connectivity index (χ2v) is 7.76. The molecule has 26 heavy (non-hydrogen) atoms. The van der Waals surface area contributed by atoms with Crippen LogP contribution in [-0.4, -0.2) is 15.9 Å². The predicted molar refractivity (Wildman–Crippen MR) is 100 cm³/mol. The van der Waals surface area contributed by atoms with Crippen LogP contribution in [0.2, 0.25) is 0 Å². The van der Waals surface area contributed by atoms with Crippen LogP contribution in [0.1, 0.15) is 57.4 Å². The summed E-state index contributed by atoms with van der Waals surface area (Å²) in [5.41, 5.74) is 7.96. The van der Waals surface area contributed by atoms with Gasteiger partial charge in [0.15, 0.2) is 12.4 Å².